The lowest BCUT2D eigenvalue weighted by Gasteiger charge is -2.24. The van der Waals surface area contributed by atoms with Crippen molar-refractivity contribution in [3.63, 3.8) is 0 Å². The second-order valence-electron chi connectivity index (χ2n) is 5.06. The zero-order valence-corrected chi connectivity index (χ0v) is 12.9. The summed E-state index contributed by atoms with van der Waals surface area (Å²) in [6.45, 7) is 0. The third kappa shape index (κ3) is 4.54. The number of aliphatic carboxylic acids is 1. The molecule has 1 aliphatic heterocycles. The Kier molecular flexibility index (Phi) is 5.76. The highest BCUT2D eigenvalue weighted by molar-refractivity contribution is 7.99. The highest BCUT2D eigenvalue weighted by atomic mass is 32.2. The van der Waals surface area contributed by atoms with E-state index in [1.54, 1.807) is 13.2 Å². The SMILES string of the molecule is COc1ccc(CC(N)C(=O)O)cc1OC1CCSCC1. The predicted octanol–water partition coefficient (Wildman–Crippen LogP) is 1.92. The second kappa shape index (κ2) is 7.56. The molecule has 1 unspecified atom stereocenters. The van der Waals surface area contributed by atoms with Gasteiger partial charge in [-0.3, -0.25) is 4.79 Å². The van der Waals surface area contributed by atoms with Crippen molar-refractivity contribution in [2.75, 3.05) is 18.6 Å². The lowest BCUT2D eigenvalue weighted by molar-refractivity contribution is -0.138. The van der Waals surface area contributed by atoms with Crippen LogP contribution in [0.3, 0.4) is 0 Å². The molecule has 0 radical (unpaired) electrons. The van der Waals surface area contributed by atoms with Crippen molar-refractivity contribution in [2.24, 2.45) is 5.73 Å². The summed E-state index contributed by atoms with van der Waals surface area (Å²) in [6, 6.07) is 4.56. The summed E-state index contributed by atoms with van der Waals surface area (Å²) in [4.78, 5) is 10.8. The number of ether oxygens (including phenoxy) is 2. The molecule has 3 N–H and O–H groups in total. The number of benzene rings is 1. The molecular weight excluding hydrogens is 290 g/mol. The number of carboxylic acid groups (broad SMARTS) is 1. The lowest BCUT2D eigenvalue weighted by Crippen LogP contribution is -2.32. The van der Waals surface area contributed by atoms with Gasteiger partial charge in [0.25, 0.3) is 0 Å². The van der Waals surface area contributed by atoms with Crippen molar-refractivity contribution in [3.8, 4) is 11.5 Å². The van der Waals surface area contributed by atoms with Crippen LogP contribution in [0.15, 0.2) is 18.2 Å². The fourth-order valence-corrected chi connectivity index (χ4v) is 3.32. The van der Waals surface area contributed by atoms with E-state index in [2.05, 4.69) is 0 Å². The van der Waals surface area contributed by atoms with Gasteiger partial charge in [-0.25, -0.2) is 0 Å². The molecule has 1 atom stereocenters. The van der Waals surface area contributed by atoms with Crippen LogP contribution < -0.4 is 15.2 Å². The summed E-state index contributed by atoms with van der Waals surface area (Å²) in [6.07, 6.45) is 2.51. The van der Waals surface area contributed by atoms with Gasteiger partial charge in [-0.05, 0) is 48.5 Å². The van der Waals surface area contributed by atoms with Crippen LogP contribution in [0.25, 0.3) is 0 Å². The molecule has 0 saturated carbocycles. The Morgan fingerprint density at radius 2 is 2.14 bits per heavy atom. The second-order valence-corrected chi connectivity index (χ2v) is 6.29. The maximum absolute atomic E-state index is 10.8. The number of hydrogen-bond donors (Lipinski definition) is 2. The van der Waals surface area contributed by atoms with Crippen LogP contribution >= 0.6 is 11.8 Å². The van der Waals surface area contributed by atoms with Crippen molar-refractivity contribution >= 4 is 17.7 Å². The van der Waals surface area contributed by atoms with Crippen LogP contribution in [-0.2, 0) is 11.2 Å². The molecule has 0 aliphatic carbocycles. The first-order valence-electron chi connectivity index (χ1n) is 7.00. The summed E-state index contributed by atoms with van der Waals surface area (Å²) in [7, 11) is 1.60. The molecule has 6 heteroatoms. The maximum atomic E-state index is 10.8. The van der Waals surface area contributed by atoms with Crippen molar-refractivity contribution < 1.29 is 19.4 Å². The third-order valence-electron chi connectivity index (χ3n) is 3.46. The fourth-order valence-electron chi connectivity index (χ4n) is 2.25. The molecule has 1 heterocycles. The van der Waals surface area contributed by atoms with E-state index in [-0.39, 0.29) is 12.5 Å². The highest BCUT2D eigenvalue weighted by Crippen LogP contribution is 2.31. The average Bonchev–Trinajstić information content (AvgIpc) is 2.48. The normalized spacial score (nSPS) is 17.2. The number of hydrogen-bond acceptors (Lipinski definition) is 5. The van der Waals surface area contributed by atoms with Crippen molar-refractivity contribution in [3.05, 3.63) is 23.8 Å². The number of carboxylic acids is 1. The lowest BCUT2D eigenvalue weighted by atomic mass is 10.1. The monoisotopic (exact) mass is 311 g/mol. The van der Waals surface area contributed by atoms with Gasteiger partial charge in [-0.15, -0.1) is 0 Å². The van der Waals surface area contributed by atoms with E-state index in [1.165, 1.54) is 0 Å². The van der Waals surface area contributed by atoms with E-state index >= 15 is 0 Å². The topological polar surface area (TPSA) is 81.8 Å². The number of thioether (sulfide) groups is 1. The van der Waals surface area contributed by atoms with Gasteiger partial charge in [0.1, 0.15) is 12.1 Å². The van der Waals surface area contributed by atoms with Gasteiger partial charge in [-0.2, -0.15) is 11.8 Å². The summed E-state index contributed by atoms with van der Waals surface area (Å²) in [5.41, 5.74) is 6.42. The molecule has 1 aromatic carbocycles. The summed E-state index contributed by atoms with van der Waals surface area (Å²) in [5, 5.41) is 8.89. The Labute approximate surface area is 128 Å². The number of methoxy groups -OCH3 is 1. The first-order valence-corrected chi connectivity index (χ1v) is 8.15. The number of nitrogens with two attached hydrogens (primary N) is 1. The molecule has 0 amide bonds. The Bertz CT molecular complexity index is 489. The largest absolute Gasteiger partial charge is 0.493 e. The molecule has 21 heavy (non-hydrogen) atoms. The molecule has 1 aliphatic rings. The smallest absolute Gasteiger partial charge is 0.320 e. The molecule has 1 fully saturated rings. The summed E-state index contributed by atoms with van der Waals surface area (Å²) >= 11 is 1.94. The van der Waals surface area contributed by atoms with E-state index in [0.29, 0.717) is 11.5 Å². The van der Waals surface area contributed by atoms with Gasteiger partial charge in [0.2, 0.25) is 0 Å². The molecule has 0 aromatic heterocycles. The zero-order chi connectivity index (χ0) is 15.2. The molecule has 0 spiro atoms. The standard InChI is InChI=1S/C15H21NO4S/c1-19-13-3-2-10(8-12(16)15(17)18)9-14(13)20-11-4-6-21-7-5-11/h2-3,9,11-12H,4-8,16H2,1H3,(H,17,18). The third-order valence-corrected chi connectivity index (χ3v) is 4.51. The van der Waals surface area contributed by atoms with Crippen LogP contribution in [0.5, 0.6) is 11.5 Å². The van der Waals surface area contributed by atoms with Crippen molar-refractivity contribution in [1.29, 1.82) is 0 Å². The molecule has 2 rings (SSSR count). The van der Waals surface area contributed by atoms with Gasteiger partial charge in [-0.1, -0.05) is 6.07 Å². The van der Waals surface area contributed by atoms with Crippen LogP contribution in [0.1, 0.15) is 18.4 Å². The number of carbonyl (C=O) groups is 1. The van der Waals surface area contributed by atoms with Crippen LogP contribution in [0.2, 0.25) is 0 Å². The van der Waals surface area contributed by atoms with Gasteiger partial charge in [0.15, 0.2) is 11.5 Å². The van der Waals surface area contributed by atoms with Gasteiger partial charge in [0, 0.05) is 0 Å². The van der Waals surface area contributed by atoms with Gasteiger partial charge < -0.3 is 20.3 Å². The molecule has 5 nitrogen and oxygen atoms in total. The molecule has 1 aromatic rings. The summed E-state index contributed by atoms with van der Waals surface area (Å²) < 4.78 is 11.3. The van der Waals surface area contributed by atoms with Crippen LogP contribution in [0.4, 0.5) is 0 Å². The quantitative estimate of drug-likeness (QED) is 0.835. The van der Waals surface area contributed by atoms with E-state index in [0.717, 1.165) is 29.9 Å². The average molecular weight is 311 g/mol. The highest BCUT2D eigenvalue weighted by Gasteiger charge is 2.18. The van der Waals surface area contributed by atoms with Crippen molar-refractivity contribution in [1.82, 2.24) is 0 Å². The fraction of sp³-hybridized carbons (Fsp3) is 0.533. The minimum atomic E-state index is -1.00. The van der Waals surface area contributed by atoms with Crippen LogP contribution in [-0.4, -0.2) is 41.8 Å². The van der Waals surface area contributed by atoms with Crippen molar-refractivity contribution in [2.45, 2.75) is 31.4 Å². The minimum absolute atomic E-state index is 0.198. The summed E-state index contributed by atoms with van der Waals surface area (Å²) in [5.74, 6) is 2.55. The molecular formula is C15H21NO4S. The Morgan fingerprint density at radius 3 is 2.76 bits per heavy atom. The van der Waals surface area contributed by atoms with E-state index < -0.39 is 12.0 Å². The van der Waals surface area contributed by atoms with E-state index in [1.807, 2.05) is 23.9 Å². The van der Waals surface area contributed by atoms with Crippen LogP contribution in [0, 0.1) is 0 Å². The minimum Gasteiger partial charge on any atom is -0.493 e. The zero-order valence-electron chi connectivity index (χ0n) is 12.1. The Balaban J connectivity index is 2.11. The first-order chi connectivity index (χ1) is 10.1. The Hall–Kier alpha value is -1.40. The maximum Gasteiger partial charge on any atom is 0.320 e. The van der Waals surface area contributed by atoms with Gasteiger partial charge in [0.05, 0.1) is 7.11 Å². The molecule has 116 valence electrons. The first kappa shape index (κ1) is 16.0. The Morgan fingerprint density at radius 1 is 1.43 bits per heavy atom. The predicted molar refractivity (Wildman–Crippen MR) is 83.3 cm³/mol. The molecule has 0 bridgehead atoms. The number of rotatable bonds is 6. The van der Waals surface area contributed by atoms with E-state index in [9.17, 15) is 4.79 Å². The van der Waals surface area contributed by atoms with E-state index in [4.69, 9.17) is 20.3 Å². The van der Waals surface area contributed by atoms with Gasteiger partial charge >= 0.3 is 5.97 Å². The molecule has 1 saturated heterocycles.